The van der Waals surface area contributed by atoms with Crippen LogP contribution in [-0.2, 0) is 7.05 Å². The van der Waals surface area contributed by atoms with Crippen LogP contribution < -0.4 is 10.9 Å². The first-order chi connectivity index (χ1) is 16.5. The summed E-state index contributed by atoms with van der Waals surface area (Å²) in [6, 6.07) is 9.09. The molecule has 0 aliphatic carbocycles. The van der Waals surface area contributed by atoms with Gasteiger partial charge >= 0.3 is 12.1 Å². The summed E-state index contributed by atoms with van der Waals surface area (Å²) in [7, 11) is 1.36. The van der Waals surface area contributed by atoms with Crippen LogP contribution in [0.4, 0.5) is 27.6 Å². The van der Waals surface area contributed by atoms with E-state index in [1.165, 1.54) is 7.05 Å². The number of aromatic carboxylic acids is 1. The molecule has 11 heteroatoms. The SMILES string of the molecule is Cn1c(-c2ccccc2)nc2c(C(Nc3ccc(F)cc3C(=O)O)C(F)(F)F)cc(F)cc2c1=O. The maximum atomic E-state index is 14.5. The summed E-state index contributed by atoms with van der Waals surface area (Å²) in [6.07, 6.45) is -5.08. The van der Waals surface area contributed by atoms with Crippen molar-refractivity contribution in [3.63, 3.8) is 0 Å². The number of hydrogen-bond donors (Lipinski definition) is 2. The lowest BCUT2D eigenvalue weighted by atomic mass is 10.0. The highest BCUT2D eigenvalue weighted by molar-refractivity contribution is 5.94. The molecule has 0 bridgehead atoms. The molecule has 1 heterocycles. The maximum Gasteiger partial charge on any atom is 0.412 e. The molecule has 2 N–H and O–H groups in total. The van der Waals surface area contributed by atoms with Gasteiger partial charge in [0, 0.05) is 23.9 Å². The standard InChI is InChI=1S/C24H16F5N3O3/c1-32-21(12-5-3-2-4-6-12)31-19-16(10-14(26)11-17(19)22(32)33)20(24(27,28)29)30-18-8-7-13(25)9-15(18)23(34)35/h2-11,20,30H,1H3,(H,34,35). The van der Waals surface area contributed by atoms with Crippen LogP contribution >= 0.6 is 0 Å². The van der Waals surface area contributed by atoms with Gasteiger partial charge in [0.25, 0.3) is 5.56 Å². The third kappa shape index (κ3) is 4.57. The number of nitrogens with one attached hydrogen (secondary N) is 1. The number of fused-ring (bicyclic) bond motifs is 1. The van der Waals surface area contributed by atoms with E-state index in [0.29, 0.717) is 17.7 Å². The molecule has 180 valence electrons. The molecule has 0 saturated carbocycles. The number of rotatable bonds is 5. The fraction of sp³-hybridized carbons (Fsp3) is 0.125. The van der Waals surface area contributed by atoms with Gasteiger partial charge < -0.3 is 10.4 Å². The van der Waals surface area contributed by atoms with Crippen LogP contribution in [0.25, 0.3) is 22.3 Å². The summed E-state index contributed by atoms with van der Waals surface area (Å²) in [6.45, 7) is 0. The first kappa shape index (κ1) is 23.9. The Morgan fingerprint density at radius 3 is 2.34 bits per heavy atom. The molecule has 35 heavy (non-hydrogen) atoms. The second-order valence-corrected chi connectivity index (χ2v) is 7.67. The Hall–Kier alpha value is -4.28. The third-order valence-electron chi connectivity index (χ3n) is 5.36. The number of alkyl halides is 3. The number of carboxylic acids is 1. The summed E-state index contributed by atoms with van der Waals surface area (Å²) in [5.41, 5.74) is -2.79. The van der Waals surface area contributed by atoms with Gasteiger partial charge in [-0.2, -0.15) is 13.2 Å². The van der Waals surface area contributed by atoms with Crippen molar-refractivity contribution < 1.29 is 31.9 Å². The maximum absolute atomic E-state index is 14.5. The number of carbonyl (C=O) groups is 1. The molecule has 3 aromatic carbocycles. The monoisotopic (exact) mass is 489 g/mol. The summed E-state index contributed by atoms with van der Waals surface area (Å²) in [5.74, 6) is -3.71. The van der Waals surface area contributed by atoms with Crippen LogP contribution in [0, 0.1) is 11.6 Å². The van der Waals surface area contributed by atoms with E-state index in [2.05, 4.69) is 4.98 Å². The lowest BCUT2D eigenvalue weighted by Crippen LogP contribution is -2.30. The van der Waals surface area contributed by atoms with Crippen LogP contribution in [0.2, 0.25) is 0 Å². The van der Waals surface area contributed by atoms with E-state index in [9.17, 15) is 36.6 Å². The van der Waals surface area contributed by atoms with E-state index < -0.39 is 63.1 Å². The van der Waals surface area contributed by atoms with Gasteiger partial charge in [0.05, 0.1) is 16.5 Å². The highest BCUT2D eigenvalue weighted by atomic mass is 19.4. The van der Waals surface area contributed by atoms with Gasteiger partial charge in [0.15, 0.2) is 6.04 Å². The Morgan fingerprint density at radius 2 is 1.71 bits per heavy atom. The summed E-state index contributed by atoms with van der Waals surface area (Å²) in [5, 5.41) is 11.0. The molecule has 0 radical (unpaired) electrons. The first-order valence-electron chi connectivity index (χ1n) is 10.1. The number of nitrogens with zero attached hydrogens (tertiary/aromatic N) is 2. The zero-order chi connectivity index (χ0) is 25.5. The minimum absolute atomic E-state index is 0.0462. The first-order valence-corrected chi connectivity index (χ1v) is 10.1. The molecule has 1 unspecified atom stereocenters. The fourth-order valence-electron chi connectivity index (χ4n) is 3.74. The molecule has 0 saturated heterocycles. The quantitative estimate of drug-likeness (QED) is 0.372. The van der Waals surface area contributed by atoms with Crippen molar-refractivity contribution >= 4 is 22.6 Å². The topological polar surface area (TPSA) is 84.2 Å². The summed E-state index contributed by atoms with van der Waals surface area (Å²) < 4.78 is 71.8. The Morgan fingerprint density at radius 1 is 1.03 bits per heavy atom. The molecular formula is C24H16F5N3O3. The van der Waals surface area contributed by atoms with E-state index >= 15 is 0 Å². The van der Waals surface area contributed by atoms with Crippen LogP contribution in [0.15, 0.2) is 65.5 Å². The Bertz CT molecular complexity index is 1500. The van der Waals surface area contributed by atoms with E-state index in [0.717, 1.165) is 22.8 Å². The van der Waals surface area contributed by atoms with Gasteiger partial charge in [-0.05, 0) is 30.3 Å². The Kier molecular flexibility index (Phi) is 6.01. The van der Waals surface area contributed by atoms with Gasteiger partial charge in [0.2, 0.25) is 0 Å². The van der Waals surface area contributed by atoms with Crippen LogP contribution in [0.5, 0.6) is 0 Å². The van der Waals surface area contributed by atoms with Crippen LogP contribution in [-0.4, -0.2) is 26.8 Å². The Labute approximate surface area is 194 Å². The van der Waals surface area contributed by atoms with Crippen molar-refractivity contribution in [3.8, 4) is 11.4 Å². The molecule has 1 atom stereocenters. The van der Waals surface area contributed by atoms with E-state index in [1.807, 2.05) is 5.32 Å². The average molecular weight is 489 g/mol. The number of carboxylic acid groups (broad SMARTS) is 1. The predicted octanol–water partition coefficient (Wildman–Crippen LogP) is 5.29. The van der Waals surface area contributed by atoms with Gasteiger partial charge in [-0.15, -0.1) is 0 Å². The molecule has 1 aromatic heterocycles. The fourth-order valence-corrected chi connectivity index (χ4v) is 3.74. The average Bonchev–Trinajstić information content (AvgIpc) is 2.80. The lowest BCUT2D eigenvalue weighted by molar-refractivity contribution is -0.143. The zero-order valence-electron chi connectivity index (χ0n) is 17.9. The summed E-state index contributed by atoms with van der Waals surface area (Å²) >= 11 is 0. The molecular weight excluding hydrogens is 473 g/mol. The second kappa shape index (κ2) is 8.82. The minimum atomic E-state index is -5.08. The Balaban J connectivity index is 1.99. The van der Waals surface area contributed by atoms with Crippen molar-refractivity contribution in [3.05, 3.63) is 93.8 Å². The van der Waals surface area contributed by atoms with E-state index in [-0.39, 0.29) is 5.82 Å². The minimum Gasteiger partial charge on any atom is -0.478 e. The number of anilines is 1. The molecule has 0 fully saturated rings. The lowest BCUT2D eigenvalue weighted by Gasteiger charge is -2.25. The van der Waals surface area contributed by atoms with Crippen molar-refractivity contribution in [2.45, 2.75) is 12.2 Å². The number of hydrogen-bond acceptors (Lipinski definition) is 4. The summed E-state index contributed by atoms with van der Waals surface area (Å²) in [4.78, 5) is 28.7. The van der Waals surface area contributed by atoms with Gasteiger partial charge in [-0.25, -0.2) is 18.6 Å². The predicted molar refractivity (Wildman–Crippen MR) is 118 cm³/mol. The van der Waals surface area contributed by atoms with Crippen LogP contribution in [0.3, 0.4) is 0 Å². The molecule has 4 aromatic rings. The molecule has 0 aliphatic heterocycles. The third-order valence-corrected chi connectivity index (χ3v) is 5.36. The van der Waals surface area contributed by atoms with Crippen molar-refractivity contribution in [2.24, 2.45) is 7.05 Å². The molecule has 0 amide bonds. The highest BCUT2D eigenvalue weighted by Crippen LogP contribution is 2.39. The number of halogens is 5. The van der Waals surface area contributed by atoms with Crippen molar-refractivity contribution in [1.82, 2.24) is 9.55 Å². The van der Waals surface area contributed by atoms with Crippen molar-refractivity contribution in [1.29, 1.82) is 0 Å². The zero-order valence-corrected chi connectivity index (χ0v) is 17.9. The highest BCUT2D eigenvalue weighted by Gasteiger charge is 2.43. The molecule has 0 aliphatic rings. The largest absolute Gasteiger partial charge is 0.478 e. The second-order valence-electron chi connectivity index (χ2n) is 7.67. The molecule has 6 nitrogen and oxygen atoms in total. The van der Waals surface area contributed by atoms with Gasteiger partial charge in [0.1, 0.15) is 17.5 Å². The van der Waals surface area contributed by atoms with E-state index in [4.69, 9.17) is 0 Å². The van der Waals surface area contributed by atoms with Crippen LogP contribution in [0.1, 0.15) is 22.0 Å². The van der Waals surface area contributed by atoms with Crippen molar-refractivity contribution in [2.75, 3.05) is 5.32 Å². The van der Waals surface area contributed by atoms with Gasteiger partial charge in [-0.1, -0.05) is 30.3 Å². The van der Waals surface area contributed by atoms with Gasteiger partial charge in [-0.3, -0.25) is 9.36 Å². The normalized spacial score (nSPS) is 12.5. The number of aromatic nitrogens is 2. The smallest absolute Gasteiger partial charge is 0.412 e. The number of benzene rings is 3. The molecule has 4 rings (SSSR count). The molecule has 0 spiro atoms. The van der Waals surface area contributed by atoms with E-state index in [1.54, 1.807) is 30.3 Å².